The maximum atomic E-state index is 13.8. The molecule has 0 atom stereocenters. The Morgan fingerprint density at radius 2 is 1.86 bits per heavy atom. The molecule has 0 aliphatic rings. The summed E-state index contributed by atoms with van der Waals surface area (Å²) >= 11 is 1.32. The van der Waals surface area contributed by atoms with Crippen LogP contribution in [-0.2, 0) is 10.0 Å². The van der Waals surface area contributed by atoms with E-state index in [1.165, 1.54) is 34.8 Å². The van der Waals surface area contributed by atoms with Crippen molar-refractivity contribution in [2.45, 2.75) is 25.7 Å². The van der Waals surface area contributed by atoms with E-state index in [0.717, 1.165) is 16.3 Å². The first-order chi connectivity index (χ1) is 13.2. The first-order valence-corrected chi connectivity index (χ1v) is 10.7. The Labute approximate surface area is 164 Å². The molecule has 0 saturated carbocycles. The number of sulfonamides is 1. The van der Waals surface area contributed by atoms with Crippen molar-refractivity contribution in [2.24, 2.45) is 0 Å². The average molecular weight is 417 g/mol. The van der Waals surface area contributed by atoms with Crippen molar-refractivity contribution < 1.29 is 12.8 Å². The molecule has 2 aromatic heterocycles. The molecular formula is C19H16FN3O3S2. The molecule has 2 heterocycles. The summed E-state index contributed by atoms with van der Waals surface area (Å²) in [4.78, 5) is 17.4. The fraction of sp³-hybridized carbons (Fsp3) is 0.158. The lowest BCUT2D eigenvalue weighted by atomic mass is 10.2. The highest BCUT2D eigenvalue weighted by Crippen LogP contribution is 2.27. The number of benzene rings is 2. The predicted molar refractivity (Wildman–Crippen MR) is 108 cm³/mol. The van der Waals surface area contributed by atoms with Crippen LogP contribution in [0.3, 0.4) is 0 Å². The molecule has 4 aromatic rings. The fourth-order valence-electron chi connectivity index (χ4n) is 3.03. The number of halogens is 1. The Bertz CT molecular complexity index is 1420. The van der Waals surface area contributed by atoms with Gasteiger partial charge >= 0.3 is 0 Å². The van der Waals surface area contributed by atoms with Gasteiger partial charge in [0.2, 0.25) is 0 Å². The van der Waals surface area contributed by atoms with Crippen LogP contribution >= 0.6 is 11.3 Å². The van der Waals surface area contributed by atoms with Crippen molar-refractivity contribution in [3.05, 3.63) is 69.4 Å². The summed E-state index contributed by atoms with van der Waals surface area (Å²) in [6, 6.07) is 9.52. The minimum atomic E-state index is -4.26. The van der Waals surface area contributed by atoms with Crippen LogP contribution in [0.5, 0.6) is 0 Å². The van der Waals surface area contributed by atoms with Gasteiger partial charge in [0.1, 0.15) is 5.82 Å². The number of nitrogens with one attached hydrogen (secondary N) is 1. The van der Waals surface area contributed by atoms with Crippen molar-refractivity contribution >= 4 is 42.2 Å². The van der Waals surface area contributed by atoms with E-state index in [-0.39, 0.29) is 11.4 Å². The van der Waals surface area contributed by atoms with E-state index in [1.807, 2.05) is 19.1 Å². The van der Waals surface area contributed by atoms with Crippen molar-refractivity contribution in [1.82, 2.24) is 9.38 Å². The first kappa shape index (κ1) is 18.6. The van der Waals surface area contributed by atoms with Crippen LogP contribution in [0.4, 0.5) is 10.1 Å². The third kappa shape index (κ3) is 2.96. The largest absolute Gasteiger partial charge is 0.280 e. The van der Waals surface area contributed by atoms with Gasteiger partial charge in [0, 0.05) is 0 Å². The maximum absolute atomic E-state index is 13.8. The van der Waals surface area contributed by atoms with Crippen LogP contribution in [0.25, 0.3) is 15.2 Å². The van der Waals surface area contributed by atoms with Crippen LogP contribution in [0, 0.1) is 26.6 Å². The second-order valence-corrected chi connectivity index (χ2v) is 9.22. The summed E-state index contributed by atoms with van der Waals surface area (Å²) < 4.78 is 44.0. The molecule has 0 saturated heterocycles. The molecule has 4 rings (SSSR count). The van der Waals surface area contributed by atoms with Gasteiger partial charge in [-0.3, -0.25) is 9.52 Å². The monoisotopic (exact) mass is 417 g/mol. The number of rotatable bonds is 3. The number of hydrogen-bond donors (Lipinski definition) is 1. The van der Waals surface area contributed by atoms with Crippen LogP contribution in [0.1, 0.15) is 16.8 Å². The highest BCUT2D eigenvalue weighted by Gasteiger charge is 2.25. The van der Waals surface area contributed by atoms with Gasteiger partial charge in [0.25, 0.3) is 15.6 Å². The minimum absolute atomic E-state index is 0.0396. The van der Waals surface area contributed by atoms with Gasteiger partial charge in [-0.25, -0.2) is 22.2 Å². The van der Waals surface area contributed by atoms with E-state index in [4.69, 9.17) is 0 Å². The number of thiazole rings is 1. The number of aryl methyl sites for hydroxylation is 3. The van der Waals surface area contributed by atoms with Crippen LogP contribution < -0.4 is 10.3 Å². The van der Waals surface area contributed by atoms with Gasteiger partial charge in [-0.05, 0) is 56.2 Å². The van der Waals surface area contributed by atoms with Crippen molar-refractivity contribution in [3.63, 3.8) is 0 Å². The van der Waals surface area contributed by atoms with Gasteiger partial charge in [0.05, 0.1) is 21.6 Å². The SMILES string of the molecule is Cc1ccc2c(c1)sc1nc(C)c(S(=O)(=O)Nc3ccc(C)c(F)c3)c(=O)n12. The summed E-state index contributed by atoms with van der Waals surface area (Å²) in [6.07, 6.45) is 0. The minimum Gasteiger partial charge on any atom is -0.279 e. The Kier molecular flexibility index (Phi) is 4.24. The lowest BCUT2D eigenvalue weighted by Gasteiger charge is -2.10. The molecule has 144 valence electrons. The highest BCUT2D eigenvalue weighted by molar-refractivity contribution is 7.92. The Hall–Kier alpha value is -2.78. The smallest absolute Gasteiger partial charge is 0.279 e. The topological polar surface area (TPSA) is 80.5 Å². The van der Waals surface area contributed by atoms with E-state index in [2.05, 4.69) is 9.71 Å². The molecule has 0 fully saturated rings. The molecule has 6 nitrogen and oxygen atoms in total. The number of hydrogen-bond acceptors (Lipinski definition) is 5. The normalized spacial score (nSPS) is 12.0. The quantitative estimate of drug-likeness (QED) is 0.550. The zero-order valence-electron chi connectivity index (χ0n) is 15.3. The molecule has 28 heavy (non-hydrogen) atoms. The Balaban J connectivity index is 1.93. The van der Waals surface area contributed by atoms with Crippen molar-refractivity contribution in [1.29, 1.82) is 0 Å². The number of fused-ring (bicyclic) bond motifs is 3. The van der Waals surface area contributed by atoms with Gasteiger partial charge < -0.3 is 0 Å². The summed E-state index contributed by atoms with van der Waals surface area (Å²) in [6.45, 7) is 4.98. The number of aromatic nitrogens is 2. The standard InChI is InChI=1S/C19H16FN3O3S2/c1-10-4-7-15-16(8-10)27-19-21-12(3)17(18(24)23(15)19)28(25,26)22-13-6-5-11(2)14(20)9-13/h4-9,22H,1-3H3. The Morgan fingerprint density at radius 3 is 2.57 bits per heavy atom. The first-order valence-electron chi connectivity index (χ1n) is 8.39. The summed E-state index contributed by atoms with van der Waals surface area (Å²) in [5, 5.41) is 0. The lowest BCUT2D eigenvalue weighted by Crippen LogP contribution is -2.27. The molecule has 9 heteroatoms. The fourth-order valence-corrected chi connectivity index (χ4v) is 5.48. The maximum Gasteiger partial charge on any atom is 0.280 e. The summed E-state index contributed by atoms with van der Waals surface area (Å²) in [5.74, 6) is -0.540. The van der Waals surface area contributed by atoms with E-state index >= 15 is 0 Å². The van der Waals surface area contributed by atoms with Crippen LogP contribution in [0.15, 0.2) is 46.1 Å². The van der Waals surface area contributed by atoms with Crippen LogP contribution in [-0.4, -0.2) is 17.8 Å². The molecule has 0 radical (unpaired) electrons. The molecule has 0 spiro atoms. The molecule has 1 N–H and O–H groups in total. The van der Waals surface area contributed by atoms with Gasteiger partial charge in [-0.15, -0.1) is 0 Å². The molecule has 0 aliphatic heterocycles. The summed E-state index contributed by atoms with van der Waals surface area (Å²) in [5.41, 5.74) is 1.46. The molecule has 0 unspecified atom stereocenters. The van der Waals surface area contributed by atoms with E-state index < -0.39 is 26.3 Å². The third-order valence-corrected chi connectivity index (χ3v) is 6.95. The van der Waals surface area contributed by atoms with E-state index in [9.17, 15) is 17.6 Å². The number of anilines is 1. The van der Waals surface area contributed by atoms with Gasteiger partial charge in [-0.1, -0.05) is 23.5 Å². The molecule has 0 amide bonds. The van der Waals surface area contributed by atoms with Gasteiger partial charge in [-0.2, -0.15) is 0 Å². The predicted octanol–water partition coefficient (Wildman–Crippen LogP) is 3.77. The second-order valence-electron chi connectivity index (χ2n) is 6.59. The zero-order chi connectivity index (χ0) is 20.2. The van der Waals surface area contributed by atoms with E-state index in [0.29, 0.717) is 16.0 Å². The number of nitrogens with zero attached hydrogens (tertiary/aromatic N) is 2. The Morgan fingerprint density at radius 1 is 1.11 bits per heavy atom. The molecular weight excluding hydrogens is 401 g/mol. The highest BCUT2D eigenvalue weighted by atomic mass is 32.2. The van der Waals surface area contributed by atoms with Crippen molar-refractivity contribution in [3.8, 4) is 0 Å². The lowest BCUT2D eigenvalue weighted by molar-refractivity contribution is 0.598. The molecule has 2 aromatic carbocycles. The third-order valence-electron chi connectivity index (χ3n) is 4.43. The van der Waals surface area contributed by atoms with Crippen molar-refractivity contribution in [2.75, 3.05) is 4.72 Å². The zero-order valence-corrected chi connectivity index (χ0v) is 16.9. The summed E-state index contributed by atoms with van der Waals surface area (Å²) in [7, 11) is -4.26. The van der Waals surface area contributed by atoms with Crippen LogP contribution in [0.2, 0.25) is 0 Å². The van der Waals surface area contributed by atoms with Gasteiger partial charge in [0.15, 0.2) is 9.86 Å². The average Bonchev–Trinajstić information content (AvgIpc) is 2.94. The van der Waals surface area contributed by atoms with E-state index in [1.54, 1.807) is 13.0 Å². The molecule has 0 aliphatic carbocycles. The second kappa shape index (κ2) is 6.39. The molecule has 0 bridgehead atoms.